The summed E-state index contributed by atoms with van der Waals surface area (Å²) in [6.45, 7) is 2.38. The maximum absolute atomic E-state index is 11.6. The van der Waals surface area contributed by atoms with Gasteiger partial charge in [0.2, 0.25) is 17.6 Å². The third-order valence-electron chi connectivity index (χ3n) is 2.53. The molecule has 2 N–H and O–H groups in total. The Morgan fingerprint density at radius 1 is 1.40 bits per heavy atom. The van der Waals surface area contributed by atoms with Crippen molar-refractivity contribution in [3.8, 4) is 11.4 Å². The number of halogens is 1. The number of benzene rings is 1. The van der Waals surface area contributed by atoms with Crippen LogP contribution in [0.5, 0.6) is 0 Å². The molecular weight excluding hydrogens is 280 g/mol. The molecule has 1 amide bonds. The minimum absolute atomic E-state index is 0. The van der Waals surface area contributed by atoms with Gasteiger partial charge in [-0.15, -0.1) is 12.4 Å². The number of anilines is 1. The summed E-state index contributed by atoms with van der Waals surface area (Å²) in [5.74, 6) is 0.998. The zero-order valence-corrected chi connectivity index (χ0v) is 12.2. The number of carbonyl (C=O) groups is 1. The van der Waals surface area contributed by atoms with E-state index in [1.165, 1.54) is 0 Å². The van der Waals surface area contributed by atoms with Gasteiger partial charge in [0.1, 0.15) is 0 Å². The number of hydrogen-bond donors (Lipinski definition) is 2. The van der Waals surface area contributed by atoms with E-state index in [4.69, 9.17) is 4.52 Å². The van der Waals surface area contributed by atoms with Gasteiger partial charge in [0.05, 0.1) is 0 Å². The standard InChI is InChI=1S/C13H16N4O2.ClH/c1-9-15-13(17-19-9)10-4-3-5-11(8-10)16-12(18)6-7-14-2;/h3-5,8,14H,6-7H2,1-2H3,(H,16,18);1H. The van der Waals surface area contributed by atoms with Crippen LogP contribution in [-0.4, -0.2) is 29.6 Å². The monoisotopic (exact) mass is 296 g/mol. The third kappa shape index (κ3) is 4.32. The number of hydrogen-bond acceptors (Lipinski definition) is 5. The van der Waals surface area contributed by atoms with E-state index in [0.29, 0.717) is 24.7 Å². The average Bonchev–Trinajstić information content (AvgIpc) is 2.83. The molecule has 0 aliphatic heterocycles. The van der Waals surface area contributed by atoms with E-state index in [9.17, 15) is 4.79 Å². The summed E-state index contributed by atoms with van der Waals surface area (Å²) in [5, 5.41) is 9.61. The quantitative estimate of drug-likeness (QED) is 0.882. The van der Waals surface area contributed by atoms with Gasteiger partial charge < -0.3 is 15.2 Å². The average molecular weight is 297 g/mol. The van der Waals surface area contributed by atoms with Crippen LogP contribution < -0.4 is 10.6 Å². The number of rotatable bonds is 5. The summed E-state index contributed by atoms with van der Waals surface area (Å²) in [5.41, 5.74) is 1.53. The second-order valence-corrected chi connectivity index (χ2v) is 4.12. The highest BCUT2D eigenvalue weighted by atomic mass is 35.5. The van der Waals surface area contributed by atoms with Crippen molar-refractivity contribution < 1.29 is 9.32 Å². The van der Waals surface area contributed by atoms with Gasteiger partial charge in [-0.1, -0.05) is 17.3 Å². The highest BCUT2D eigenvalue weighted by Gasteiger charge is 2.07. The molecule has 1 aromatic heterocycles. The van der Waals surface area contributed by atoms with Crippen LogP contribution in [0.25, 0.3) is 11.4 Å². The normalized spacial score (nSPS) is 9.90. The van der Waals surface area contributed by atoms with Crippen LogP contribution in [0.3, 0.4) is 0 Å². The molecule has 1 aromatic carbocycles. The van der Waals surface area contributed by atoms with Crippen LogP contribution in [0.4, 0.5) is 5.69 Å². The predicted octanol–water partition coefficient (Wildman–Crippen LogP) is 2.01. The minimum Gasteiger partial charge on any atom is -0.339 e. The number of amides is 1. The lowest BCUT2D eigenvalue weighted by molar-refractivity contribution is -0.116. The second-order valence-electron chi connectivity index (χ2n) is 4.12. The molecule has 7 heteroatoms. The van der Waals surface area contributed by atoms with Gasteiger partial charge in [-0.25, -0.2) is 0 Å². The fourth-order valence-corrected chi connectivity index (χ4v) is 1.61. The number of carbonyl (C=O) groups excluding carboxylic acids is 1. The molecule has 0 aliphatic carbocycles. The molecular formula is C13H17ClN4O2. The van der Waals surface area contributed by atoms with Crippen molar-refractivity contribution in [3.63, 3.8) is 0 Å². The number of aromatic nitrogens is 2. The Bertz CT molecular complexity index is 571. The van der Waals surface area contributed by atoms with Crippen molar-refractivity contribution in [2.24, 2.45) is 0 Å². The molecule has 2 aromatic rings. The second kappa shape index (κ2) is 7.62. The summed E-state index contributed by atoms with van der Waals surface area (Å²) in [6.07, 6.45) is 0.433. The van der Waals surface area contributed by atoms with Crippen molar-refractivity contribution in [1.82, 2.24) is 15.5 Å². The Hall–Kier alpha value is -1.92. The molecule has 0 unspecified atom stereocenters. The zero-order chi connectivity index (χ0) is 13.7. The molecule has 0 fully saturated rings. The van der Waals surface area contributed by atoms with Crippen molar-refractivity contribution in [3.05, 3.63) is 30.2 Å². The maximum Gasteiger partial charge on any atom is 0.225 e. The SMILES string of the molecule is CNCCC(=O)Nc1cccc(-c2noc(C)n2)c1.Cl. The molecule has 0 radical (unpaired) electrons. The highest BCUT2D eigenvalue weighted by Crippen LogP contribution is 2.19. The Kier molecular flexibility index (Phi) is 6.14. The summed E-state index contributed by atoms with van der Waals surface area (Å²) >= 11 is 0. The molecule has 6 nitrogen and oxygen atoms in total. The molecule has 0 spiro atoms. The highest BCUT2D eigenvalue weighted by molar-refractivity contribution is 5.91. The van der Waals surface area contributed by atoms with Crippen LogP contribution in [0, 0.1) is 6.92 Å². The molecule has 0 saturated carbocycles. The van der Waals surface area contributed by atoms with Crippen LogP contribution >= 0.6 is 12.4 Å². The number of nitrogens with one attached hydrogen (secondary N) is 2. The van der Waals surface area contributed by atoms with E-state index in [1.54, 1.807) is 6.92 Å². The molecule has 0 aliphatic rings. The number of aryl methyl sites for hydroxylation is 1. The van der Waals surface area contributed by atoms with E-state index in [2.05, 4.69) is 20.8 Å². The summed E-state index contributed by atoms with van der Waals surface area (Å²) in [4.78, 5) is 15.8. The summed E-state index contributed by atoms with van der Waals surface area (Å²) in [7, 11) is 1.81. The first-order chi connectivity index (χ1) is 9.19. The smallest absolute Gasteiger partial charge is 0.225 e. The van der Waals surface area contributed by atoms with E-state index in [-0.39, 0.29) is 18.3 Å². The Morgan fingerprint density at radius 3 is 2.85 bits per heavy atom. The number of nitrogens with zero attached hydrogens (tertiary/aromatic N) is 2. The first kappa shape index (κ1) is 16.1. The Balaban J connectivity index is 0.00000200. The molecule has 0 bridgehead atoms. The third-order valence-corrected chi connectivity index (χ3v) is 2.53. The molecule has 0 saturated heterocycles. The van der Waals surface area contributed by atoms with E-state index in [0.717, 1.165) is 11.3 Å². The maximum atomic E-state index is 11.6. The topological polar surface area (TPSA) is 80.0 Å². The minimum atomic E-state index is -0.0317. The summed E-state index contributed by atoms with van der Waals surface area (Å²) in [6, 6.07) is 7.36. The van der Waals surface area contributed by atoms with Crippen molar-refractivity contribution >= 4 is 24.0 Å². The van der Waals surface area contributed by atoms with Crippen LogP contribution in [0.1, 0.15) is 12.3 Å². The zero-order valence-electron chi connectivity index (χ0n) is 11.3. The first-order valence-electron chi connectivity index (χ1n) is 6.04. The van der Waals surface area contributed by atoms with Crippen molar-refractivity contribution in [1.29, 1.82) is 0 Å². The van der Waals surface area contributed by atoms with Gasteiger partial charge >= 0.3 is 0 Å². The van der Waals surface area contributed by atoms with Gasteiger partial charge in [-0.3, -0.25) is 4.79 Å². The predicted molar refractivity (Wildman–Crippen MR) is 78.9 cm³/mol. The molecule has 0 atom stereocenters. The van der Waals surface area contributed by atoms with Gasteiger partial charge in [0.15, 0.2) is 0 Å². The van der Waals surface area contributed by atoms with Crippen LogP contribution in [0.2, 0.25) is 0 Å². The Morgan fingerprint density at radius 2 is 2.20 bits per heavy atom. The van der Waals surface area contributed by atoms with E-state index < -0.39 is 0 Å². The fourth-order valence-electron chi connectivity index (χ4n) is 1.61. The molecule has 20 heavy (non-hydrogen) atoms. The van der Waals surface area contributed by atoms with Gasteiger partial charge in [-0.2, -0.15) is 4.98 Å². The molecule has 108 valence electrons. The molecule has 1 heterocycles. The van der Waals surface area contributed by atoms with E-state index >= 15 is 0 Å². The lowest BCUT2D eigenvalue weighted by Gasteiger charge is -2.05. The fraction of sp³-hybridized carbons (Fsp3) is 0.308. The lowest BCUT2D eigenvalue weighted by atomic mass is 10.2. The largest absolute Gasteiger partial charge is 0.339 e. The van der Waals surface area contributed by atoms with Gasteiger partial charge in [-0.05, 0) is 19.2 Å². The van der Waals surface area contributed by atoms with Gasteiger partial charge in [0, 0.05) is 31.1 Å². The van der Waals surface area contributed by atoms with Crippen LogP contribution in [0.15, 0.2) is 28.8 Å². The molecule has 2 rings (SSSR count). The van der Waals surface area contributed by atoms with E-state index in [1.807, 2.05) is 31.3 Å². The van der Waals surface area contributed by atoms with Crippen molar-refractivity contribution in [2.45, 2.75) is 13.3 Å². The van der Waals surface area contributed by atoms with Gasteiger partial charge in [0.25, 0.3) is 0 Å². The first-order valence-corrected chi connectivity index (χ1v) is 6.04. The lowest BCUT2D eigenvalue weighted by Crippen LogP contribution is -2.18. The van der Waals surface area contributed by atoms with Crippen LogP contribution in [-0.2, 0) is 4.79 Å². The summed E-state index contributed by atoms with van der Waals surface area (Å²) < 4.78 is 4.94. The Labute approximate surface area is 123 Å². The van der Waals surface area contributed by atoms with Crippen molar-refractivity contribution in [2.75, 3.05) is 18.9 Å².